The second-order valence-corrected chi connectivity index (χ2v) is 7.90. The first-order valence-corrected chi connectivity index (χ1v) is 10.7. The molecule has 0 unspecified atom stereocenters. The Bertz CT molecular complexity index is 928. The first-order valence-electron chi connectivity index (χ1n) is 10.7. The molecule has 29 heavy (non-hydrogen) atoms. The summed E-state index contributed by atoms with van der Waals surface area (Å²) in [7, 11) is 0. The molecule has 154 valence electrons. The Kier molecular flexibility index (Phi) is 5.72. The number of hydrazone groups is 1. The molecule has 1 fully saturated rings. The van der Waals surface area contributed by atoms with E-state index >= 15 is 0 Å². The Balaban J connectivity index is 1.62. The second kappa shape index (κ2) is 8.41. The average Bonchev–Trinajstić information content (AvgIpc) is 3.13. The SMILES string of the molecule is CCN(CC)CCCc1c(C)[nH]c(/C=C2/C(=O)NN=C2c2ccco2)c1C1CC1. The molecular formula is C23H30N4O2. The molecule has 0 aromatic carbocycles. The van der Waals surface area contributed by atoms with Crippen LogP contribution in [0.5, 0.6) is 0 Å². The van der Waals surface area contributed by atoms with E-state index in [0.717, 1.165) is 38.2 Å². The van der Waals surface area contributed by atoms with Gasteiger partial charge < -0.3 is 14.3 Å². The van der Waals surface area contributed by atoms with E-state index in [2.05, 4.69) is 41.2 Å². The smallest absolute Gasteiger partial charge is 0.273 e. The fourth-order valence-corrected chi connectivity index (χ4v) is 4.22. The number of aromatic amines is 1. The van der Waals surface area contributed by atoms with Crippen molar-refractivity contribution in [2.24, 2.45) is 5.10 Å². The third-order valence-electron chi connectivity index (χ3n) is 5.98. The first-order chi connectivity index (χ1) is 14.1. The molecule has 6 heteroatoms. The third kappa shape index (κ3) is 4.08. The van der Waals surface area contributed by atoms with Crippen LogP contribution >= 0.6 is 0 Å². The monoisotopic (exact) mass is 394 g/mol. The van der Waals surface area contributed by atoms with Gasteiger partial charge in [0.1, 0.15) is 5.71 Å². The van der Waals surface area contributed by atoms with E-state index in [1.54, 1.807) is 12.3 Å². The van der Waals surface area contributed by atoms with Crippen LogP contribution in [-0.4, -0.2) is 41.1 Å². The van der Waals surface area contributed by atoms with Gasteiger partial charge in [0.05, 0.1) is 11.8 Å². The summed E-state index contributed by atoms with van der Waals surface area (Å²) in [6.07, 6.45) is 8.22. The highest BCUT2D eigenvalue weighted by Crippen LogP contribution is 2.45. The van der Waals surface area contributed by atoms with Crippen LogP contribution in [-0.2, 0) is 11.2 Å². The lowest BCUT2D eigenvalue weighted by Crippen LogP contribution is -2.24. The zero-order chi connectivity index (χ0) is 20.4. The van der Waals surface area contributed by atoms with Gasteiger partial charge in [-0.05, 0) is 87.5 Å². The number of furan rings is 1. The molecule has 0 bridgehead atoms. The zero-order valence-corrected chi connectivity index (χ0v) is 17.5. The van der Waals surface area contributed by atoms with Gasteiger partial charge in [0, 0.05) is 11.4 Å². The summed E-state index contributed by atoms with van der Waals surface area (Å²) in [4.78, 5) is 18.5. The van der Waals surface area contributed by atoms with Crippen LogP contribution in [0.2, 0.25) is 0 Å². The Hall–Kier alpha value is -2.60. The van der Waals surface area contributed by atoms with Gasteiger partial charge in [-0.1, -0.05) is 13.8 Å². The molecule has 6 nitrogen and oxygen atoms in total. The molecule has 1 amide bonds. The summed E-state index contributed by atoms with van der Waals surface area (Å²) in [5.41, 5.74) is 8.79. The van der Waals surface area contributed by atoms with Crippen LogP contribution in [0.4, 0.5) is 0 Å². The molecule has 3 heterocycles. The number of amides is 1. The molecule has 4 rings (SSSR count). The minimum Gasteiger partial charge on any atom is -0.463 e. The van der Waals surface area contributed by atoms with Gasteiger partial charge in [-0.25, -0.2) is 5.43 Å². The van der Waals surface area contributed by atoms with E-state index in [9.17, 15) is 4.79 Å². The molecule has 1 aliphatic heterocycles. The summed E-state index contributed by atoms with van der Waals surface area (Å²) in [5.74, 6) is 1.02. The van der Waals surface area contributed by atoms with Crippen LogP contribution in [0.15, 0.2) is 33.5 Å². The number of rotatable bonds is 9. The highest BCUT2D eigenvalue weighted by molar-refractivity contribution is 6.32. The highest BCUT2D eigenvalue weighted by atomic mass is 16.3. The molecule has 0 spiro atoms. The number of aryl methyl sites for hydroxylation is 1. The molecule has 2 aliphatic rings. The molecule has 2 aromatic rings. The van der Waals surface area contributed by atoms with Crippen molar-refractivity contribution in [2.75, 3.05) is 19.6 Å². The van der Waals surface area contributed by atoms with Gasteiger partial charge in [0.25, 0.3) is 5.91 Å². The van der Waals surface area contributed by atoms with Gasteiger partial charge in [0.2, 0.25) is 0 Å². The van der Waals surface area contributed by atoms with Gasteiger partial charge in [-0.2, -0.15) is 5.10 Å². The number of hydrogen-bond donors (Lipinski definition) is 2. The number of hydrogen-bond acceptors (Lipinski definition) is 4. The predicted molar refractivity (Wildman–Crippen MR) is 115 cm³/mol. The number of carbonyl (C=O) groups excluding carboxylic acids is 1. The summed E-state index contributed by atoms with van der Waals surface area (Å²) in [5, 5.41) is 4.18. The summed E-state index contributed by atoms with van der Waals surface area (Å²) < 4.78 is 5.47. The zero-order valence-electron chi connectivity index (χ0n) is 17.5. The number of carbonyl (C=O) groups is 1. The van der Waals surface area contributed by atoms with Gasteiger partial charge in [-0.3, -0.25) is 4.79 Å². The van der Waals surface area contributed by atoms with E-state index in [0.29, 0.717) is 23.0 Å². The number of H-pyrrole nitrogens is 1. The summed E-state index contributed by atoms with van der Waals surface area (Å²) in [6.45, 7) is 9.90. The van der Waals surface area contributed by atoms with Crippen molar-refractivity contribution in [2.45, 2.75) is 52.4 Å². The normalized spacial score (nSPS) is 18.0. The maximum Gasteiger partial charge on any atom is 0.273 e. The molecule has 1 aliphatic carbocycles. The third-order valence-corrected chi connectivity index (χ3v) is 5.98. The molecule has 0 saturated heterocycles. The Morgan fingerprint density at radius 1 is 1.31 bits per heavy atom. The maximum atomic E-state index is 12.4. The maximum absolute atomic E-state index is 12.4. The van der Waals surface area contributed by atoms with Crippen molar-refractivity contribution < 1.29 is 9.21 Å². The quantitative estimate of drug-likeness (QED) is 0.632. The first kappa shape index (κ1) is 19.7. The summed E-state index contributed by atoms with van der Waals surface area (Å²) >= 11 is 0. The standard InChI is InChI=1S/C23H30N4O2/c1-4-27(5-2)12-6-8-17-15(3)24-19(21(17)16-10-11-16)14-18-22(25-26-23(18)28)20-9-7-13-29-20/h7,9,13-14,16,24H,4-6,8,10-12H2,1-3H3,(H,26,28)/b18-14+. The minimum atomic E-state index is -0.187. The van der Waals surface area contributed by atoms with Crippen molar-refractivity contribution >= 4 is 17.7 Å². The van der Waals surface area contributed by atoms with Crippen molar-refractivity contribution in [3.05, 3.63) is 52.2 Å². The molecule has 2 aromatic heterocycles. The van der Waals surface area contributed by atoms with E-state index < -0.39 is 0 Å². The van der Waals surface area contributed by atoms with Crippen LogP contribution in [0.3, 0.4) is 0 Å². The van der Waals surface area contributed by atoms with Gasteiger partial charge in [-0.15, -0.1) is 0 Å². The molecule has 2 N–H and O–H groups in total. The number of nitrogens with one attached hydrogen (secondary N) is 2. The van der Waals surface area contributed by atoms with Gasteiger partial charge in [0.15, 0.2) is 5.76 Å². The van der Waals surface area contributed by atoms with E-state index in [4.69, 9.17) is 4.42 Å². The van der Waals surface area contributed by atoms with Crippen LogP contribution in [0.1, 0.15) is 67.3 Å². The van der Waals surface area contributed by atoms with Crippen LogP contribution < -0.4 is 5.43 Å². The van der Waals surface area contributed by atoms with Crippen molar-refractivity contribution in [3.8, 4) is 0 Å². The van der Waals surface area contributed by atoms with Crippen molar-refractivity contribution in [1.29, 1.82) is 0 Å². The molecule has 0 radical (unpaired) electrons. The number of aromatic nitrogens is 1. The van der Waals surface area contributed by atoms with E-state index in [-0.39, 0.29) is 5.91 Å². The van der Waals surface area contributed by atoms with Crippen LogP contribution in [0, 0.1) is 6.92 Å². The molecular weight excluding hydrogens is 364 g/mol. The van der Waals surface area contributed by atoms with E-state index in [1.807, 2.05) is 12.1 Å². The van der Waals surface area contributed by atoms with Crippen LogP contribution in [0.25, 0.3) is 6.08 Å². The Morgan fingerprint density at radius 3 is 2.76 bits per heavy atom. The van der Waals surface area contributed by atoms with Crippen molar-refractivity contribution in [1.82, 2.24) is 15.3 Å². The van der Waals surface area contributed by atoms with Crippen molar-refractivity contribution in [3.63, 3.8) is 0 Å². The summed E-state index contributed by atoms with van der Waals surface area (Å²) in [6, 6.07) is 3.63. The average molecular weight is 395 g/mol. The fraction of sp³-hybridized carbons (Fsp3) is 0.478. The largest absolute Gasteiger partial charge is 0.463 e. The topological polar surface area (TPSA) is 73.6 Å². The lowest BCUT2D eigenvalue weighted by Gasteiger charge is -2.17. The lowest BCUT2D eigenvalue weighted by atomic mass is 9.98. The minimum absolute atomic E-state index is 0.187. The Labute approximate surface area is 172 Å². The van der Waals surface area contributed by atoms with Gasteiger partial charge >= 0.3 is 0 Å². The lowest BCUT2D eigenvalue weighted by molar-refractivity contribution is -0.116. The molecule has 1 saturated carbocycles. The Morgan fingerprint density at radius 2 is 2.10 bits per heavy atom. The highest BCUT2D eigenvalue weighted by Gasteiger charge is 2.32. The molecule has 0 atom stereocenters. The second-order valence-electron chi connectivity index (χ2n) is 7.90. The number of nitrogens with zero attached hydrogens (tertiary/aromatic N) is 2. The fourth-order valence-electron chi connectivity index (χ4n) is 4.22. The predicted octanol–water partition coefficient (Wildman–Crippen LogP) is 3.99. The van der Waals surface area contributed by atoms with E-state index in [1.165, 1.54) is 29.7 Å².